The molecule has 1 saturated heterocycles. The Hall–Kier alpha value is -0.0800. The Morgan fingerprint density at radius 3 is 2.29 bits per heavy atom. The number of likely N-dealkylation sites (N-methyl/N-ethyl adjacent to an activating group) is 1. The first kappa shape index (κ1) is 15.8. The third kappa shape index (κ3) is 3.82. The zero-order chi connectivity index (χ0) is 14.5. The molecule has 122 valence electrons. The highest BCUT2D eigenvalue weighted by molar-refractivity contribution is 4.95. The lowest BCUT2D eigenvalue weighted by Gasteiger charge is -2.50. The fourth-order valence-electron chi connectivity index (χ4n) is 5.44. The van der Waals surface area contributed by atoms with Crippen molar-refractivity contribution in [1.82, 2.24) is 10.2 Å². The van der Waals surface area contributed by atoms with E-state index in [1.807, 2.05) is 0 Å². The minimum atomic E-state index is 0.760. The molecular weight excluding hydrogens is 256 g/mol. The summed E-state index contributed by atoms with van der Waals surface area (Å²) in [4.78, 5) is 2.99. The van der Waals surface area contributed by atoms with E-state index in [2.05, 4.69) is 17.1 Å². The molecule has 3 rings (SSSR count). The van der Waals surface area contributed by atoms with E-state index < -0.39 is 0 Å². The van der Waals surface area contributed by atoms with Crippen LogP contribution in [0.3, 0.4) is 0 Å². The first-order chi connectivity index (χ1) is 10.4. The van der Waals surface area contributed by atoms with Gasteiger partial charge in [0.2, 0.25) is 0 Å². The van der Waals surface area contributed by atoms with Crippen LogP contribution in [-0.2, 0) is 0 Å². The summed E-state index contributed by atoms with van der Waals surface area (Å²) in [7, 11) is 0. The minimum absolute atomic E-state index is 0.760. The SMILES string of the molecule is CCNC1CCCCCCC1N1CCCC2CCCCC21. The van der Waals surface area contributed by atoms with Crippen LogP contribution < -0.4 is 5.32 Å². The number of nitrogens with zero attached hydrogens (tertiary/aromatic N) is 1. The second kappa shape index (κ2) is 7.97. The molecule has 0 amide bonds. The quantitative estimate of drug-likeness (QED) is 0.832. The first-order valence-corrected chi connectivity index (χ1v) is 9.89. The Morgan fingerprint density at radius 2 is 1.43 bits per heavy atom. The predicted molar refractivity (Wildman–Crippen MR) is 90.6 cm³/mol. The Kier molecular flexibility index (Phi) is 5.99. The third-order valence-corrected chi connectivity index (χ3v) is 6.41. The average Bonchev–Trinajstić information content (AvgIpc) is 2.50. The second-order valence-corrected chi connectivity index (χ2v) is 7.72. The van der Waals surface area contributed by atoms with Crippen LogP contribution in [0.1, 0.15) is 84.0 Å². The van der Waals surface area contributed by atoms with Gasteiger partial charge in [0, 0.05) is 18.1 Å². The summed E-state index contributed by atoms with van der Waals surface area (Å²) in [6, 6.07) is 2.52. The smallest absolute Gasteiger partial charge is 0.0252 e. The molecule has 2 saturated carbocycles. The van der Waals surface area contributed by atoms with E-state index in [0.717, 1.165) is 30.6 Å². The molecular formula is C19H36N2. The van der Waals surface area contributed by atoms with Crippen molar-refractivity contribution in [2.45, 2.75) is 102 Å². The molecule has 1 aliphatic heterocycles. The van der Waals surface area contributed by atoms with E-state index >= 15 is 0 Å². The van der Waals surface area contributed by atoms with E-state index in [-0.39, 0.29) is 0 Å². The molecule has 2 nitrogen and oxygen atoms in total. The molecule has 0 radical (unpaired) electrons. The molecule has 0 aromatic heterocycles. The third-order valence-electron chi connectivity index (χ3n) is 6.41. The maximum Gasteiger partial charge on any atom is 0.0252 e. The van der Waals surface area contributed by atoms with Crippen molar-refractivity contribution in [1.29, 1.82) is 0 Å². The van der Waals surface area contributed by atoms with Gasteiger partial charge in [0.15, 0.2) is 0 Å². The van der Waals surface area contributed by atoms with Gasteiger partial charge in [-0.05, 0) is 57.5 Å². The summed E-state index contributed by atoms with van der Waals surface area (Å²) in [5, 5.41) is 3.85. The highest BCUT2D eigenvalue weighted by Gasteiger charge is 2.38. The van der Waals surface area contributed by atoms with Gasteiger partial charge in [-0.2, -0.15) is 0 Å². The van der Waals surface area contributed by atoms with Crippen LogP contribution in [0.15, 0.2) is 0 Å². The van der Waals surface area contributed by atoms with Gasteiger partial charge in [-0.1, -0.05) is 45.4 Å². The maximum absolute atomic E-state index is 3.85. The van der Waals surface area contributed by atoms with E-state index in [0.29, 0.717) is 0 Å². The Labute approximate surface area is 132 Å². The lowest BCUT2D eigenvalue weighted by Crippen LogP contribution is -2.58. The number of nitrogens with one attached hydrogen (secondary N) is 1. The molecule has 1 N–H and O–H groups in total. The molecule has 4 atom stereocenters. The monoisotopic (exact) mass is 292 g/mol. The summed E-state index contributed by atoms with van der Waals surface area (Å²) in [5.74, 6) is 1.03. The summed E-state index contributed by atoms with van der Waals surface area (Å²) in [6.07, 6.45) is 17.6. The second-order valence-electron chi connectivity index (χ2n) is 7.72. The van der Waals surface area contributed by atoms with Crippen LogP contribution in [0.5, 0.6) is 0 Å². The highest BCUT2D eigenvalue weighted by atomic mass is 15.2. The molecule has 0 aromatic carbocycles. The predicted octanol–water partition coefficient (Wildman–Crippen LogP) is 4.34. The molecule has 3 aliphatic rings. The van der Waals surface area contributed by atoms with Gasteiger partial charge < -0.3 is 5.32 Å². The van der Waals surface area contributed by atoms with Gasteiger partial charge in [0.05, 0.1) is 0 Å². The van der Waals surface area contributed by atoms with Crippen molar-refractivity contribution in [3.05, 3.63) is 0 Å². The van der Waals surface area contributed by atoms with E-state index in [1.54, 1.807) is 0 Å². The van der Waals surface area contributed by atoms with E-state index in [4.69, 9.17) is 0 Å². The molecule has 4 unspecified atom stereocenters. The van der Waals surface area contributed by atoms with Crippen LogP contribution in [0.2, 0.25) is 0 Å². The standard InChI is InChI=1S/C19H36N2/c1-2-20-17-12-5-3-4-6-14-19(17)21-15-9-11-16-10-7-8-13-18(16)21/h16-20H,2-15H2,1H3. The van der Waals surface area contributed by atoms with Gasteiger partial charge in [0.25, 0.3) is 0 Å². The Bertz CT molecular complexity index is 302. The Morgan fingerprint density at radius 1 is 0.762 bits per heavy atom. The van der Waals surface area contributed by atoms with Crippen LogP contribution in [0.25, 0.3) is 0 Å². The number of rotatable bonds is 3. The largest absolute Gasteiger partial charge is 0.313 e. The van der Waals surface area contributed by atoms with Crippen LogP contribution in [0, 0.1) is 5.92 Å². The van der Waals surface area contributed by atoms with Gasteiger partial charge in [0.1, 0.15) is 0 Å². The maximum atomic E-state index is 3.85. The zero-order valence-corrected chi connectivity index (χ0v) is 14.2. The van der Waals surface area contributed by atoms with Crippen molar-refractivity contribution in [2.75, 3.05) is 13.1 Å². The molecule has 1 heterocycles. The van der Waals surface area contributed by atoms with Gasteiger partial charge >= 0.3 is 0 Å². The van der Waals surface area contributed by atoms with Gasteiger partial charge in [-0.25, -0.2) is 0 Å². The summed E-state index contributed by atoms with van der Waals surface area (Å²) < 4.78 is 0. The number of hydrogen-bond acceptors (Lipinski definition) is 2. The topological polar surface area (TPSA) is 15.3 Å². The molecule has 0 bridgehead atoms. The van der Waals surface area contributed by atoms with E-state index in [1.165, 1.54) is 83.6 Å². The highest BCUT2D eigenvalue weighted by Crippen LogP contribution is 2.38. The zero-order valence-electron chi connectivity index (χ0n) is 14.2. The van der Waals surface area contributed by atoms with Crippen LogP contribution >= 0.6 is 0 Å². The summed E-state index contributed by atoms with van der Waals surface area (Å²) >= 11 is 0. The van der Waals surface area contributed by atoms with Gasteiger partial charge in [-0.15, -0.1) is 0 Å². The lowest BCUT2D eigenvalue weighted by atomic mass is 9.76. The average molecular weight is 293 g/mol. The first-order valence-electron chi connectivity index (χ1n) is 9.89. The van der Waals surface area contributed by atoms with Crippen LogP contribution in [-0.4, -0.2) is 36.1 Å². The van der Waals surface area contributed by atoms with Crippen molar-refractivity contribution < 1.29 is 0 Å². The molecule has 0 spiro atoms. The lowest BCUT2D eigenvalue weighted by molar-refractivity contribution is 0.00532. The Balaban J connectivity index is 1.72. The van der Waals surface area contributed by atoms with Crippen molar-refractivity contribution in [3.63, 3.8) is 0 Å². The summed E-state index contributed by atoms with van der Waals surface area (Å²) in [6.45, 7) is 4.81. The summed E-state index contributed by atoms with van der Waals surface area (Å²) in [5.41, 5.74) is 0. The molecule has 0 aromatic rings. The molecule has 2 aliphatic carbocycles. The van der Waals surface area contributed by atoms with Crippen molar-refractivity contribution >= 4 is 0 Å². The minimum Gasteiger partial charge on any atom is -0.313 e. The van der Waals surface area contributed by atoms with Gasteiger partial charge in [-0.3, -0.25) is 4.90 Å². The van der Waals surface area contributed by atoms with Crippen molar-refractivity contribution in [2.24, 2.45) is 5.92 Å². The number of fused-ring (bicyclic) bond motifs is 1. The van der Waals surface area contributed by atoms with E-state index in [9.17, 15) is 0 Å². The fourth-order valence-corrected chi connectivity index (χ4v) is 5.44. The fraction of sp³-hybridized carbons (Fsp3) is 1.00. The number of hydrogen-bond donors (Lipinski definition) is 1. The normalized spacial score (nSPS) is 39.3. The van der Waals surface area contributed by atoms with Crippen LogP contribution in [0.4, 0.5) is 0 Å². The molecule has 3 fully saturated rings. The number of likely N-dealkylation sites (tertiary alicyclic amines) is 1. The molecule has 2 heteroatoms. The number of piperidine rings is 1. The van der Waals surface area contributed by atoms with Crippen molar-refractivity contribution in [3.8, 4) is 0 Å². The molecule has 21 heavy (non-hydrogen) atoms.